The van der Waals surface area contributed by atoms with Crippen molar-refractivity contribution in [1.29, 1.82) is 0 Å². The van der Waals surface area contributed by atoms with Gasteiger partial charge in [-0.1, -0.05) is 6.58 Å². The summed E-state index contributed by atoms with van der Waals surface area (Å²) < 4.78 is 205. The van der Waals surface area contributed by atoms with Crippen molar-refractivity contribution >= 4 is 15.9 Å². The molecule has 0 N–H and O–H groups in total. The maximum atomic E-state index is 13.6. The Kier molecular flexibility index (Phi) is 6.09. The van der Waals surface area contributed by atoms with Gasteiger partial charge in [0.1, 0.15) is 0 Å². The van der Waals surface area contributed by atoms with Crippen molar-refractivity contribution < 1.29 is 70.2 Å². The Morgan fingerprint density at radius 2 is 0.741 bits per heavy atom. The lowest BCUT2D eigenvalue weighted by Gasteiger charge is -2.43. The average molecular weight is 507 g/mol. The molecule has 0 aromatic rings. The highest BCUT2D eigenvalue weighted by molar-refractivity contribution is 9.10. The van der Waals surface area contributed by atoms with Crippen molar-refractivity contribution in [2.24, 2.45) is 0 Å². The number of alkyl halides is 17. The zero-order valence-electron chi connectivity index (χ0n) is 11.7. The third kappa shape index (κ3) is 3.16. The van der Waals surface area contributed by atoms with E-state index in [1.807, 2.05) is 6.58 Å². The second-order valence-electron chi connectivity index (χ2n) is 4.78. The molecule has 0 fully saturated rings. The number of hydrogen-bond acceptors (Lipinski definition) is 0. The van der Waals surface area contributed by atoms with E-state index in [4.69, 9.17) is 0 Å². The van der Waals surface area contributed by atoms with Crippen molar-refractivity contribution in [1.82, 2.24) is 0 Å². The van der Waals surface area contributed by atoms with E-state index in [1.165, 1.54) is 0 Å². The molecule has 0 spiro atoms. The number of rotatable bonds is 7. The summed E-state index contributed by atoms with van der Waals surface area (Å²) in [4.78, 5) is -5.94. The van der Waals surface area contributed by atoms with Gasteiger partial charge in [0.15, 0.2) is 0 Å². The van der Waals surface area contributed by atoms with Crippen molar-refractivity contribution in [2.45, 2.75) is 46.3 Å². The van der Waals surface area contributed by atoms with E-state index in [0.717, 1.165) is 15.9 Å². The predicted molar refractivity (Wildman–Crippen MR) is 58.7 cm³/mol. The molecule has 0 heterocycles. The molecule has 0 aliphatic carbocycles. The lowest BCUT2D eigenvalue weighted by Crippen LogP contribution is -2.74. The smallest absolute Gasteiger partial charge is 0.224 e. The van der Waals surface area contributed by atoms with E-state index in [1.54, 1.807) is 0 Å². The topological polar surface area (TPSA) is 0 Å². The van der Waals surface area contributed by atoms with E-state index >= 15 is 0 Å². The number of hydrogen-bond donors (Lipinski definition) is 0. The normalized spacial score (nSPS) is 18.3. The quantitative estimate of drug-likeness (QED) is 0.207. The fourth-order valence-corrected chi connectivity index (χ4v) is 1.83. The summed E-state index contributed by atoms with van der Waals surface area (Å²) in [6.07, 6.45) is -9.12. The van der Waals surface area contributed by atoms with Crippen LogP contribution < -0.4 is 0 Å². The summed E-state index contributed by atoms with van der Waals surface area (Å²) in [5.74, 6) is -40.6. The minimum Gasteiger partial charge on any atom is -0.224 e. The van der Waals surface area contributed by atoms with E-state index < -0.39 is 52.4 Å². The molecule has 0 aliphatic heterocycles. The first kappa shape index (κ1) is 26.1. The molecule has 0 rings (SSSR count). The van der Waals surface area contributed by atoms with Crippen LogP contribution in [0.3, 0.4) is 0 Å². The molecule has 0 aliphatic rings. The summed E-state index contributed by atoms with van der Waals surface area (Å²) in [7, 11) is 0. The molecule has 27 heavy (non-hydrogen) atoms. The molecule has 162 valence electrons. The predicted octanol–water partition coefficient (Wildman–Crippen LogP) is 6.61. The largest absolute Gasteiger partial charge is 0.460 e. The van der Waals surface area contributed by atoms with Gasteiger partial charge in [-0.3, -0.25) is 0 Å². The fraction of sp³-hybridized carbons (Fsp3) is 0.800. The molecular weight excluding hydrogens is 504 g/mol. The van der Waals surface area contributed by atoms with Crippen LogP contribution in [-0.2, 0) is 0 Å². The third-order valence-electron chi connectivity index (χ3n) is 3.08. The van der Waals surface area contributed by atoms with Gasteiger partial charge in [0.05, 0.1) is 0 Å². The second kappa shape index (κ2) is 6.30. The Bertz CT molecular complexity index is 569. The van der Waals surface area contributed by atoms with E-state index in [0.29, 0.717) is 0 Å². The van der Waals surface area contributed by atoms with Crippen molar-refractivity contribution in [3.05, 3.63) is 12.7 Å². The van der Waals surface area contributed by atoms with Gasteiger partial charge in [0.2, 0.25) is 0 Å². The minimum atomic E-state index is -8.39. The van der Waals surface area contributed by atoms with Crippen LogP contribution in [0.25, 0.3) is 0 Å². The highest BCUT2D eigenvalue weighted by Crippen LogP contribution is 2.64. The molecular formula is C10H3BrF16. The molecule has 0 amide bonds. The van der Waals surface area contributed by atoms with E-state index in [2.05, 4.69) is 0 Å². The molecule has 0 radical (unpaired) electrons. The van der Waals surface area contributed by atoms with Crippen LogP contribution in [0.5, 0.6) is 0 Å². The average Bonchev–Trinajstić information content (AvgIpc) is 2.42. The first-order chi connectivity index (χ1) is 11.3. The van der Waals surface area contributed by atoms with Crippen LogP contribution in [0, 0.1) is 0 Å². The zero-order chi connectivity index (χ0) is 22.7. The summed E-state index contributed by atoms with van der Waals surface area (Å²) >= 11 is 0.725. The minimum absolute atomic E-state index is 0.725. The van der Waals surface area contributed by atoms with E-state index in [9.17, 15) is 70.2 Å². The van der Waals surface area contributed by atoms with Crippen LogP contribution in [0.15, 0.2) is 12.7 Å². The second-order valence-corrected chi connectivity index (χ2v) is 5.78. The zero-order valence-corrected chi connectivity index (χ0v) is 13.3. The maximum Gasteiger partial charge on any atom is 0.460 e. The van der Waals surface area contributed by atoms with Crippen LogP contribution in [-0.4, -0.2) is 46.3 Å². The molecule has 0 bridgehead atoms. The standard InChI is InChI=1S/C10H3BrF16/c1-2-3(12,9(11,23)24)4(13,14)5(15,16)6(17,18)7(19,20)8(21,22)10(25,26)27/h2H,1H2. The summed E-state index contributed by atoms with van der Waals surface area (Å²) in [5, 5.41) is 0. The fourth-order valence-electron chi connectivity index (χ4n) is 1.42. The highest BCUT2D eigenvalue weighted by atomic mass is 79.9. The van der Waals surface area contributed by atoms with Crippen LogP contribution in [0.4, 0.5) is 70.2 Å². The summed E-state index contributed by atoms with van der Waals surface area (Å²) in [5.41, 5.74) is -6.34. The van der Waals surface area contributed by atoms with Gasteiger partial charge < -0.3 is 0 Å². The third-order valence-corrected chi connectivity index (χ3v) is 3.66. The summed E-state index contributed by atoms with van der Waals surface area (Å²) in [6.45, 7) is 1.85. The van der Waals surface area contributed by atoms with Gasteiger partial charge in [-0.15, -0.1) is 0 Å². The van der Waals surface area contributed by atoms with Gasteiger partial charge in [-0.2, -0.15) is 65.9 Å². The monoisotopic (exact) mass is 506 g/mol. The maximum absolute atomic E-state index is 13.6. The highest BCUT2D eigenvalue weighted by Gasteiger charge is 2.94. The summed E-state index contributed by atoms with van der Waals surface area (Å²) in [6, 6.07) is 0. The molecule has 0 saturated heterocycles. The van der Waals surface area contributed by atoms with Gasteiger partial charge in [0, 0.05) is 0 Å². The lowest BCUT2D eigenvalue weighted by molar-refractivity contribution is -0.448. The van der Waals surface area contributed by atoms with Crippen LogP contribution in [0.1, 0.15) is 0 Å². The molecule has 0 aromatic carbocycles. The number of allylic oxidation sites excluding steroid dienone is 1. The SMILES string of the molecule is C=CC(F)(C(F)(F)Br)C(F)(F)C(F)(F)C(F)(F)C(F)(F)C(F)(F)C(F)(F)F. The van der Waals surface area contributed by atoms with Crippen molar-refractivity contribution in [3.63, 3.8) is 0 Å². The van der Waals surface area contributed by atoms with Gasteiger partial charge in [0.25, 0.3) is 5.67 Å². The Balaban J connectivity index is 6.78. The lowest BCUT2D eigenvalue weighted by atomic mass is 9.85. The molecule has 1 atom stereocenters. The molecule has 1 unspecified atom stereocenters. The Hall–Kier alpha value is -0.900. The van der Waals surface area contributed by atoms with Crippen molar-refractivity contribution in [2.75, 3.05) is 0 Å². The van der Waals surface area contributed by atoms with Crippen LogP contribution >= 0.6 is 15.9 Å². The van der Waals surface area contributed by atoms with Crippen molar-refractivity contribution in [3.8, 4) is 0 Å². The van der Waals surface area contributed by atoms with Gasteiger partial charge >= 0.3 is 40.6 Å². The molecule has 17 heteroatoms. The first-order valence-electron chi connectivity index (χ1n) is 5.66. The van der Waals surface area contributed by atoms with Gasteiger partial charge in [-0.05, 0) is 22.0 Å². The Morgan fingerprint density at radius 1 is 0.481 bits per heavy atom. The van der Waals surface area contributed by atoms with E-state index in [-0.39, 0.29) is 0 Å². The Morgan fingerprint density at radius 3 is 0.963 bits per heavy atom. The molecule has 0 saturated carbocycles. The van der Waals surface area contributed by atoms with Crippen LogP contribution in [0.2, 0.25) is 0 Å². The molecule has 0 nitrogen and oxygen atoms in total. The Labute approximate surface area is 146 Å². The van der Waals surface area contributed by atoms with Gasteiger partial charge in [-0.25, -0.2) is 4.39 Å². The first-order valence-corrected chi connectivity index (χ1v) is 6.45. The molecule has 0 aromatic heterocycles. The number of halogens is 17.